The molecule has 3 nitrogen and oxygen atoms in total. The fourth-order valence-electron chi connectivity index (χ4n) is 1.16. The molecular formula is C11H15NO2. The molecule has 76 valence electrons. The van der Waals surface area contributed by atoms with Crippen LogP contribution < -0.4 is 5.32 Å². The van der Waals surface area contributed by atoms with E-state index in [0.29, 0.717) is 12.3 Å². The topological polar surface area (TPSA) is 45.4 Å². The van der Waals surface area contributed by atoms with E-state index >= 15 is 0 Å². The van der Waals surface area contributed by atoms with Crippen molar-refractivity contribution >= 4 is 0 Å². The number of terminal acetylenes is 1. The summed E-state index contributed by atoms with van der Waals surface area (Å²) in [7, 11) is 0. The van der Waals surface area contributed by atoms with Crippen molar-refractivity contribution in [1.82, 2.24) is 5.32 Å². The lowest BCUT2D eigenvalue weighted by Gasteiger charge is -2.13. The quantitative estimate of drug-likeness (QED) is 0.693. The van der Waals surface area contributed by atoms with Crippen LogP contribution in [0.25, 0.3) is 0 Å². The summed E-state index contributed by atoms with van der Waals surface area (Å²) in [5.74, 6) is 3.16. The molecule has 0 aliphatic heterocycles. The zero-order valence-corrected chi connectivity index (χ0v) is 8.23. The Morgan fingerprint density at radius 2 is 2.50 bits per heavy atom. The van der Waals surface area contributed by atoms with Gasteiger partial charge in [0.05, 0.1) is 12.3 Å². The standard InChI is InChI=1S/C11H15NO2/c1-3-9(4-2)12-8-10(13)11-6-5-7-14-11/h1,5-7,9-10,12-13H,4,8H2,2H3. The SMILES string of the molecule is C#CC(CC)NCC(O)c1ccco1. The highest BCUT2D eigenvalue weighted by Crippen LogP contribution is 2.11. The maximum atomic E-state index is 9.62. The zero-order valence-electron chi connectivity index (χ0n) is 8.23. The Bertz CT molecular complexity index is 287. The van der Waals surface area contributed by atoms with Crippen molar-refractivity contribution in [2.75, 3.05) is 6.54 Å². The summed E-state index contributed by atoms with van der Waals surface area (Å²) in [5, 5.41) is 12.7. The van der Waals surface area contributed by atoms with Crippen molar-refractivity contribution in [3.8, 4) is 12.3 Å². The van der Waals surface area contributed by atoms with Crippen LogP contribution in [0.4, 0.5) is 0 Å². The van der Waals surface area contributed by atoms with E-state index < -0.39 is 6.10 Å². The van der Waals surface area contributed by atoms with Crippen LogP contribution in [0.15, 0.2) is 22.8 Å². The van der Waals surface area contributed by atoms with Gasteiger partial charge >= 0.3 is 0 Å². The average Bonchev–Trinajstić information content (AvgIpc) is 2.72. The van der Waals surface area contributed by atoms with Crippen molar-refractivity contribution in [2.45, 2.75) is 25.5 Å². The van der Waals surface area contributed by atoms with Crippen LogP contribution in [0.1, 0.15) is 25.2 Å². The summed E-state index contributed by atoms with van der Waals surface area (Å²) in [6, 6.07) is 3.50. The molecule has 0 amide bonds. The molecule has 0 fully saturated rings. The molecule has 1 rings (SSSR count). The number of furan rings is 1. The Hall–Kier alpha value is -1.24. The minimum atomic E-state index is -0.632. The molecule has 2 unspecified atom stereocenters. The molecule has 1 aromatic heterocycles. The van der Waals surface area contributed by atoms with Crippen LogP contribution in [0.2, 0.25) is 0 Å². The molecule has 1 heterocycles. The normalized spacial score (nSPS) is 14.6. The number of nitrogens with one attached hydrogen (secondary N) is 1. The van der Waals surface area contributed by atoms with Gasteiger partial charge in [-0.05, 0) is 18.6 Å². The summed E-state index contributed by atoms with van der Waals surface area (Å²) in [6.07, 6.45) is 7.03. The molecular weight excluding hydrogens is 178 g/mol. The summed E-state index contributed by atoms with van der Waals surface area (Å²) < 4.78 is 5.05. The van der Waals surface area contributed by atoms with Gasteiger partial charge in [-0.25, -0.2) is 0 Å². The Labute approximate surface area is 84.1 Å². The number of hydrogen-bond donors (Lipinski definition) is 2. The van der Waals surface area contributed by atoms with E-state index in [2.05, 4.69) is 11.2 Å². The van der Waals surface area contributed by atoms with Crippen molar-refractivity contribution < 1.29 is 9.52 Å². The molecule has 3 heteroatoms. The first-order valence-electron chi connectivity index (χ1n) is 4.69. The van der Waals surface area contributed by atoms with Gasteiger partial charge in [-0.15, -0.1) is 6.42 Å². The smallest absolute Gasteiger partial charge is 0.133 e. The molecule has 0 bridgehead atoms. The van der Waals surface area contributed by atoms with Gasteiger partial charge in [0.15, 0.2) is 0 Å². The highest BCUT2D eigenvalue weighted by Gasteiger charge is 2.11. The van der Waals surface area contributed by atoms with Gasteiger partial charge in [0, 0.05) is 6.54 Å². The minimum absolute atomic E-state index is 0.0135. The molecule has 0 aromatic carbocycles. The number of hydrogen-bond acceptors (Lipinski definition) is 3. The van der Waals surface area contributed by atoms with Crippen LogP contribution in [0.5, 0.6) is 0 Å². The first kappa shape index (κ1) is 10.8. The molecule has 14 heavy (non-hydrogen) atoms. The molecule has 0 saturated heterocycles. The lowest BCUT2D eigenvalue weighted by Crippen LogP contribution is -2.30. The van der Waals surface area contributed by atoms with Gasteiger partial charge in [-0.2, -0.15) is 0 Å². The minimum Gasteiger partial charge on any atom is -0.467 e. The molecule has 2 atom stereocenters. The highest BCUT2D eigenvalue weighted by atomic mass is 16.4. The maximum Gasteiger partial charge on any atom is 0.133 e. The molecule has 0 spiro atoms. The first-order valence-corrected chi connectivity index (χ1v) is 4.69. The van der Waals surface area contributed by atoms with E-state index in [-0.39, 0.29) is 6.04 Å². The third-order valence-corrected chi connectivity index (χ3v) is 2.04. The highest BCUT2D eigenvalue weighted by molar-refractivity contribution is 5.04. The summed E-state index contributed by atoms with van der Waals surface area (Å²) in [4.78, 5) is 0. The van der Waals surface area contributed by atoms with Crippen molar-refractivity contribution in [3.63, 3.8) is 0 Å². The number of aliphatic hydroxyl groups excluding tert-OH is 1. The Morgan fingerprint density at radius 1 is 1.71 bits per heavy atom. The van der Waals surface area contributed by atoms with Gasteiger partial charge in [-0.3, -0.25) is 0 Å². The number of rotatable bonds is 5. The first-order chi connectivity index (χ1) is 6.77. The lowest BCUT2D eigenvalue weighted by molar-refractivity contribution is 0.145. The van der Waals surface area contributed by atoms with Gasteiger partial charge in [0.2, 0.25) is 0 Å². The monoisotopic (exact) mass is 193 g/mol. The van der Waals surface area contributed by atoms with Crippen LogP contribution >= 0.6 is 0 Å². The van der Waals surface area contributed by atoms with Crippen molar-refractivity contribution in [1.29, 1.82) is 0 Å². The van der Waals surface area contributed by atoms with E-state index in [1.807, 2.05) is 6.92 Å². The van der Waals surface area contributed by atoms with Crippen LogP contribution in [0, 0.1) is 12.3 Å². The second-order valence-corrected chi connectivity index (χ2v) is 3.07. The van der Waals surface area contributed by atoms with Crippen LogP contribution in [0.3, 0.4) is 0 Å². The fraction of sp³-hybridized carbons (Fsp3) is 0.455. The Morgan fingerprint density at radius 3 is 3.00 bits per heavy atom. The Kier molecular flexibility index (Phi) is 4.24. The molecule has 0 aliphatic rings. The Balaban J connectivity index is 2.35. The third-order valence-electron chi connectivity index (χ3n) is 2.04. The molecule has 2 N–H and O–H groups in total. The predicted octanol–water partition coefficient (Wildman–Crippen LogP) is 1.31. The summed E-state index contributed by atoms with van der Waals surface area (Å²) >= 11 is 0. The van der Waals surface area contributed by atoms with Gasteiger partial charge in [0.25, 0.3) is 0 Å². The third kappa shape index (κ3) is 2.91. The molecule has 0 saturated carbocycles. The van der Waals surface area contributed by atoms with Crippen molar-refractivity contribution in [3.05, 3.63) is 24.2 Å². The summed E-state index contributed by atoms with van der Waals surface area (Å²) in [5.41, 5.74) is 0. The average molecular weight is 193 g/mol. The number of aliphatic hydroxyl groups is 1. The molecule has 0 aliphatic carbocycles. The van der Waals surface area contributed by atoms with Gasteiger partial charge in [-0.1, -0.05) is 12.8 Å². The van der Waals surface area contributed by atoms with E-state index in [9.17, 15) is 5.11 Å². The largest absolute Gasteiger partial charge is 0.467 e. The second kappa shape index (κ2) is 5.48. The van der Waals surface area contributed by atoms with E-state index in [1.165, 1.54) is 6.26 Å². The second-order valence-electron chi connectivity index (χ2n) is 3.07. The fourth-order valence-corrected chi connectivity index (χ4v) is 1.16. The van der Waals surface area contributed by atoms with Crippen LogP contribution in [-0.4, -0.2) is 17.7 Å². The van der Waals surface area contributed by atoms with Crippen LogP contribution in [-0.2, 0) is 0 Å². The molecule has 1 aromatic rings. The maximum absolute atomic E-state index is 9.62. The summed E-state index contributed by atoms with van der Waals surface area (Å²) in [6.45, 7) is 2.41. The zero-order chi connectivity index (χ0) is 10.4. The van der Waals surface area contributed by atoms with E-state index in [4.69, 9.17) is 10.8 Å². The van der Waals surface area contributed by atoms with Gasteiger partial charge in [0.1, 0.15) is 11.9 Å². The van der Waals surface area contributed by atoms with Gasteiger partial charge < -0.3 is 14.8 Å². The van der Waals surface area contributed by atoms with E-state index in [0.717, 1.165) is 6.42 Å². The van der Waals surface area contributed by atoms with Crippen molar-refractivity contribution in [2.24, 2.45) is 0 Å². The molecule has 0 radical (unpaired) electrons. The predicted molar refractivity (Wildman–Crippen MR) is 54.6 cm³/mol. The lowest BCUT2D eigenvalue weighted by atomic mass is 10.2. The van der Waals surface area contributed by atoms with E-state index in [1.54, 1.807) is 12.1 Å².